The molecule has 3 rings (SSSR count). The molecule has 1 fully saturated rings. The summed E-state index contributed by atoms with van der Waals surface area (Å²) < 4.78 is 2.56. The Morgan fingerprint density at radius 1 is 1.32 bits per heavy atom. The minimum Gasteiger partial charge on any atom is -0.331 e. The molecule has 2 heterocycles. The smallest absolute Gasteiger partial charge is 0.114 e. The Morgan fingerprint density at radius 2 is 2.05 bits per heavy atom. The van der Waals surface area contributed by atoms with Gasteiger partial charge in [-0.05, 0) is 18.3 Å². The van der Waals surface area contributed by atoms with Crippen LogP contribution in [0, 0.1) is 5.41 Å². The van der Waals surface area contributed by atoms with E-state index >= 15 is 0 Å². The van der Waals surface area contributed by atoms with Crippen LogP contribution in [0.4, 0.5) is 0 Å². The Labute approximate surface area is 116 Å². The lowest BCUT2D eigenvalue weighted by Gasteiger charge is -2.40. The van der Waals surface area contributed by atoms with Crippen molar-refractivity contribution in [3.63, 3.8) is 0 Å². The van der Waals surface area contributed by atoms with Crippen LogP contribution in [0.3, 0.4) is 0 Å². The topological polar surface area (TPSA) is 29.9 Å². The molecule has 1 aromatic rings. The van der Waals surface area contributed by atoms with Gasteiger partial charge in [0.1, 0.15) is 5.82 Å². The van der Waals surface area contributed by atoms with E-state index < -0.39 is 0 Å². The number of hydrogen-bond acceptors (Lipinski definition) is 2. The first-order valence-corrected chi connectivity index (χ1v) is 7.69. The fourth-order valence-corrected chi connectivity index (χ4v) is 3.43. The second-order valence-corrected chi connectivity index (χ2v) is 7.76. The highest BCUT2D eigenvalue weighted by molar-refractivity contribution is 5.24. The van der Waals surface area contributed by atoms with Crippen LogP contribution in [0.1, 0.15) is 64.2 Å². The summed E-state index contributed by atoms with van der Waals surface area (Å²) in [6.07, 6.45) is 5.29. The molecule has 0 atom stereocenters. The lowest BCUT2D eigenvalue weighted by molar-refractivity contribution is 0.127. The molecule has 0 aromatic carbocycles. The Bertz CT molecular complexity index is 475. The van der Waals surface area contributed by atoms with Gasteiger partial charge in [-0.15, -0.1) is 0 Å². The van der Waals surface area contributed by atoms with Crippen molar-refractivity contribution in [3.8, 4) is 0 Å². The lowest BCUT2D eigenvalue weighted by Crippen LogP contribution is -2.34. The van der Waals surface area contributed by atoms with Gasteiger partial charge in [-0.3, -0.25) is 0 Å². The van der Waals surface area contributed by atoms with Gasteiger partial charge in [0.25, 0.3) is 0 Å². The first-order chi connectivity index (χ1) is 8.89. The molecule has 0 unspecified atom stereocenters. The predicted molar refractivity (Wildman–Crippen MR) is 78.3 cm³/mol. The van der Waals surface area contributed by atoms with Gasteiger partial charge in [0.2, 0.25) is 0 Å². The third-order valence-electron chi connectivity index (χ3n) is 4.76. The van der Waals surface area contributed by atoms with Gasteiger partial charge >= 0.3 is 0 Å². The monoisotopic (exact) mass is 261 g/mol. The quantitative estimate of drug-likeness (QED) is 0.887. The van der Waals surface area contributed by atoms with E-state index in [1.165, 1.54) is 43.0 Å². The molecule has 2 aliphatic rings. The van der Waals surface area contributed by atoms with Gasteiger partial charge in [0.15, 0.2) is 0 Å². The number of imidazole rings is 1. The molecular weight excluding hydrogens is 234 g/mol. The normalized spacial score (nSPS) is 21.9. The zero-order chi connectivity index (χ0) is 13.7. The highest BCUT2D eigenvalue weighted by Gasteiger charge is 2.36. The van der Waals surface area contributed by atoms with Crippen LogP contribution in [0.25, 0.3) is 0 Å². The van der Waals surface area contributed by atoms with Gasteiger partial charge in [-0.2, -0.15) is 0 Å². The predicted octanol–water partition coefficient (Wildman–Crippen LogP) is 3.02. The van der Waals surface area contributed by atoms with Crippen LogP contribution < -0.4 is 5.32 Å². The van der Waals surface area contributed by atoms with Gasteiger partial charge < -0.3 is 9.88 Å². The zero-order valence-corrected chi connectivity index (χ0v) is 12.8. The first-order valence-electron chi connectivity index (χ1n) is 7.69. The van der Waals surface area contributed by atoms with E-state index in [2.05, 4.69) is 37.6 Å². The fraction of sp³-hybridized carbons (Fsp3) is 0.812. The van der Waals surface area contributed by atoms with Gasteiger partial charge in [0.05, 0.1) is 5.69 Å². The van der Waals surface area contributed by atoms with Crippen LogP contribution in [-0.2, 0) is 24.9 Å². The number of rotatable bonds is 2. The summed E-state index contributed by atoms with van der Waals surface area (Å²) in [5, 5.41) is 3.45. The zero-order valence-electron chi connectivity index (χ0n) is 12.8. The summed E-state index contributed by atoms with van der Waals surface area (Å²) in [7, 11) is 0. The van der Waals surface area contributed by atoms with Crippen molar-refractivity contribution in [1.82, 2.24) is 14.9 Å². The van der Waals surface area contributed by atoms with Crippen LogP contribution in [-0.4, -0.2) is 16.1 Å². The van der Waals surface area contributed by atoms with Crippen molar-refractivity contribution in [2.75, 3.05) is 6.54 Å². The Morgan fingerprint density at radius 3 is 2.63 bits per heavy atom. The van der Waals surface area contributed by atoms with Crippen molar-refractivity contribution in [1.29, 1.82) is 0 Å². The molecule has 1 aromatic heterocycles. The Kier molecular flexibility index (Phi) is 3.01. The van der Waals surface area contributed by atoms with Crippen molar-refractivity contribution in [3.05, 3.63) is 17.2 Å². The molecule has 0 spiro atoms. The van der Waals surface area contributed by atoms with Crippen molar-refractivity contribution in [2.45, 2.75) is 71.9 Å². The number of hydrogen-bond donors (Lipinski definition) is 1. The summed E-state index contributed by atoms with van der Waals surface area (Å²) in [6, 6.07) is 0. The average Bonchev–Trinajstić information content (AvgIpc) is 2.66. The van der Waals surface area contributed by atoms with Gasteiger partial charge in [-0.1, -0.05) is 34.1 Å². The molecule has 0 bridgehead atoms. The maximum atomic E-state index is 4.97. The van der Waals surface area contributed by atoms with Crippen LogP contribution >= 0.6 is 0 Å². The minimum atomic E-state index is 0.136. The number of nitrogens with zero attached hydrogens (tertiary/aromatic N) is 2. The van der Waals surface area contributed by atoms with E-state index in [9.17, 15) is 0 Å². The summed E-state index contributed by atoms with van der Waals surface area (Å²) in [5.74, 6) is 1.29. The fourth-order valence-electron chi connectivity index (χ4n) is 3.43. The van der Waals surface area contributed by atoms with Gasteiger partial charge in [0, 0.05) is 37.2 Å². The molecule has 3 heteroatoms. The maximum absolute atomic E-state index is 4.97. The lowest BCUT2D eigenvalue weighted by atomic mass is 9.70. The molecule has 0 radical (unpaired) electrons. The molecule has 3 nitrogen and oxygen atoms in total. The standard InChI is InChI=1S/C16H27N3/c1-15(2,3)14-18-12-10-17-9-6-13(12)19(14)11-16(4)7-5-8-16/h17H,5-11H2,1-4H3. The molecule has 1 saturated carbocycles. The van der Waals surface area contributed by atoms with E-state index in [1.807, 2.05) is 0 Å². The van der Waals surface area contributed by atoms with E-state index in [0.29, 0.717) is 5.41 Å². The summed E-state index contributed by atoms with van der Waals surface area (Å²) >= 11 is 0. The van der Waals surface area contributed by atoms with Crippen molar-refractivity contribution >= 4 is 0 Å². The molecule has 106 valence electrons. The number of nitrogens with one attached hydrogen (secondary N) is 1. The van der Waals surface area contributed by atoms with Crippen molar-refractivity contribution < 1.29 is 0 Å². The third-order valence-corrected chi connectivity index (χ3v) is 4.76. The largest absolute Gasteiger partial charge is 0.331 e. The molecule has 0 saturated heterocycles. The highest BCUT2D eigenvalue weighted by atomic mass is 15.1. The van der Waals surface area contributed by atoms with E-state index in [0.717, 1.165) is 19.5 Å². The summed E-state index contributed by atoms with van der Waals surface area (Å²) in [4.78, 5) is 4.97. The molecule has 1 aliphatic carbocycles. The maximum Gasteiger partial charge on any atom is 0.114 e. The van der Waals surface area contributed by atoms with Crippen LogP contribution in [0.2, 0.25) is 0 Å². The average molecular weight is 261 g/mol. The molecule has 1 N–H and O–H groups in total. The SMILES string of the molecule is CC1(Cn2c(C(C)(C)C)nc3c2CCNC3)CCC1. The van der Waals surface area contributed by atoms with E-state index in [4.69, 9.17) is 4.98 Å². The molecule has 19 heavy (non-hydrogen) atoms. The number of aromatic nitrogens is 2. The van der Waals surface area contributed by atoms with Crippen LogP contribution in [0.15, 0.2) is 0 Å². The summed E-state index contributed by atoms with van der Waals surface area (Å²) in [6.45, 7) is 12.5. The molecule has 0 amide bonds. The second-order valence-electron chi connectivity index (χ2n) is 7.76. The first kappa shape index (κ1) is 13.2. The highest BCUT2D eigenvalue weighted by Crippen LogP contribution is 2.43. The van der Waals surface area contributed by atoms with Crippen LogP contribution in [0.5, 0.6) is 0 Å². The van der Waals surface area contributed by atoms with Crippen molar-refractivity contribution in [2.24, 2.45) is 5.41 Å². The van der Waals surface area contributed by atoms with E-state index in [1.54, 1.807) is 0 Å². The molecule has 1 aliphatic heterocycles. The van der Waals surface area contributed by atoms with E-state index in [-0.39, 0.29) is 5.41 Å². The number of fused-ring (bicyclic) bond motifs is 1. The second kappa shape index (κ2) is 4.34. The Hall–Kier alpha value is -0.830. The Balaban J connectivity index is 2.01. The van der Waals surface area contributed by atoms with Gasteiger partial charge in [-0.25, -0.2) is 4.98 Å². The summed E-state index contributed by atoms with van der Waals surface area (Å²) in [5.41, 5.74) is 3.44. The molecular formula is C16H27N3. The minimum absolute atomic E-state index is 0.136. The third kappa shape index (κ3) is 2.33.